The van der Waals surface area contributed by atoms with Crippen LogP contribution in [-0.2, 0) is 19.3 Å². The molecule has 2 amide bonds. The number of thiophene rings is 1. The number of rotatable bonds is 7. The zero-order chi connectivity index (χ0) is 24.4. The lowest BCUT2D eigenvalue weighted by Gasteiger charge is -2.09. The molecule has 0 radical (unpaired) electrons. The molecule has 5 rings (SSSR count). The van der Waals surface area contributed by atoms with Gasteiger partial charge in [0.1, 0.15) is 16.4 Å². The Hall–Kier alpha value is -3.91. The summed E-state index contributed by atoms with van der Waals surface area (Å²) in [5, 5.41) is 23.8. The normalized spacial score (nSPS) is 12.4. The van der Waals surface area contributed by atoms with Crippen LogP contribution in [0.5, 0.6) is 5.75 Å². The number of hydrogen-bond acceptors (Lipinski definition) is 5. The van der Waals surface area contributed by atoms with Gasteiger partial charge >= 0.3 is 0 Å². The molecule has 0 atom stereocenters. The SMILES string of the molecule is Cc1cccc(-c2cc(C(=O)Nc3sc4c(c3C(=O)NCCc3ccccc3)CCC4)[nH]n2)c1O. The Morgan fingerprint density at radius 3 is 2.74 bits per heavy atom. The maximum absolute atomic E-state index is 13.1. The third-order valence-electron chi connectivity index (χ3n) is 6.25. The number of carbonyl (C=O) groups is 2. The van der Waals surface area contributed by atoms with E-state index < -0.39 is 0 Å². The van der Waals surface area contributed by atoms with E-state index in [1.807, 2.05) is 49.4 Å². The molecule has 0 spiro atoms. The molecule has 2 heterocycles. The third kappa shape index (κ3) is 4.70. The minimum atomic E-state index is -0.380. The summed E-state index contributed by atoms with van der Waals surface area (Å²) in [5.74, 6) is -0.408. The number of aromatic hydroxyl groups is 1. The number of H-pyrrole nitrogens is 1. The maximum Gasteiger partial charge on any atom is 0.274 e. The molecule has 1 aliphatic carbocycles. The fraction of sp³-hybridized carbons (Fsp3) is 0.222. The molecule has 4 aromatic rings. The van der Waals surface area contributed by atoms with Gasteiger partial charge in [-0.2, -0.15) is 5.10 Å². The van der Waals surface area contributed by atoms with Crippen LogP contribution in [0.25, 0.3) is 11.3 Å². The Morgan fingerprint density at radius 1 is 1.09 bits per heavy atom. The van der Waals surface area contributed by atoms with Gasteiger partial charge in [-0.3, -0.25) is 14.7 Å². The number of aromatic amines is 1. The summed E-state index contributed by atoms with van der Waals surface area (Å²) in [4.78, 5) is 27.3. The molecule has 0 saturated heterocycles. The van der Waals surface area contributed by atoms with Crippen LogP contribution < -0.4 is 10.6 Å². The molecule has 4 N–H and O–H groups in total. The number of aromatic nitrogens is 2. The molecule has 7 nitrogen and oxygen atoms in total. The van der Waals surface area contributed by atoms with Crippen molar-refractivity contribution in [2.45, 2.75) is 32.6 Å². The molecule has 2 aromatic carbocycles. The van der Waals surface area contributed by atoms with Gasteiger partial charge in [-0.1, -0.05) is 42.5 Å². The van der Waals surface area contributed by atoms with Crippen LogP contribution in [0.1, 0.15) is 48.8 Å². The second-order valence-electron chi connectivity index (χ2n) is 8.65. The highest BCUT2D eigenvalue weighted by atomic mass is 32.1. The molecule has 0 bridgehead atoms. The van der Waals surface area contributed by atoms with Gasteiger partial charge < -0.3 is 15.7 Å². The van der Waals surface area contributed by atoms with Crippen LogP contribution >= 0.6 is 11.3 Å². The van der Waals surface area contributed by atoms with E-state index in [0.29, 0.717) is 28.4 Å². The summed E-state index contributed by atoms with van der Waals surface area (Å²) in [7, 11) is 0. The van der Waals surface area contributed by atoms with E-state index >= 15 is 0 Å². The van der Waals surface area contributed by atoms with Crippen LogP contribution in [0.4, 0.5) is 5.00 Å². The molecule has 0 aliphatic heterocycles. The highest BCUT2D eigenvalue weighted by molar-refractivity contribution is 7.17. The highest BCUT2D eigenvalue weighted by Crippen LogP contribution is 2.39. The Morgan fingerprint density at radius 2 is 1.91 bits per heavy atom. The van der Waals surface area contributed by atoms with Crippen molar-refractivity contribution in [2.75, 3.05) is 11.9 Å². The van der Waals surface area contributed by atoms with E-state index in [-0.39, 0.29) is 23.3 Å². The molecule has 35 heavy (non-hydrogen) atoms. The summed E-state index contributed by atoms with van der Waals surface area (Å²) in [6.07, 6.45) is 3.51. The first-order valence-corrected chi connectivity index (χ1v) is 12.5. The van der Waals surface area contributed by atoms with E-state index in [9.17, 15) is 14.7 Å². The number of phenols is 1. The lowest BCUT2D eigenvalue weighted by molar-refractivity contribution is 0.0954. The maximum atomic E-state index is 13.1. The second kappa shape index (κ2) is 9.76. The van der Waals surface area contributed by atoms with Crippen LogP contribution in [0.2, 0.25) is 0 Å². The zero-order valence-electron chi connectivity index (χ0n) is 19.4. The average Bonchev–Trinajstić information content (AvgIpc) is 3.58. The fourth-order valence-electron chi connectivity index (χ4n) is 4.40. The summed E-state index contributed by atoms with van der Waals surface area (Å²) < 4.78 is 0. The van der Waals surface area contributed by atoms with Gasteiger partial charge in [0.25, 0.3) is 11.8 Å². The Labute approximate surface area is 207 Å². The smallest absolute Gasteiger partial charge is 0.274 e. The predicted molar refractivity (Wildman–Crippen MR) is 137 cm³/mol. The minimum absolute atomic E-state index is 0.134. The van der Waals surface area contributed by atoms with Crippen molar-refractivity contribution in [1.29, 1.82) is 0 Å². The highest BCUT2D eigenvalue weighted by Gasteiger charge is 2.28. The lowest BCUT2D eigenvalue weighted by atomic mass is 10.1. The lowest BCUT2D eigenvalue weighted by Crippen LogP contribution is -2.27. The molecule has 178 valence electrons. The van der Waals surface area contributed by atoms with E-state index in [1.165, 1.54) is 11.3 Å². The van der Waals surface area contributed by atoms with Crippen LogP contribution in [0.3, 0.4) is 0 Å². The van der Waals surface area contributed by atoms with Crippen molar-refractivity contribution in [2.24, 2.45) is 0 Å². The number of amides is 2. The van der Waals surface area contributed by atoms with E-state index in [1.54, 1.807) is 12.1 Å². The Balaban J connectivity index is 1.32. The number of carbonyl (C=O) groups excluding carboxylic acids is 2. The van der Waals surface area contributed by atoms with Gasteiger partial charge in [-0.25, -0.2) is 0 Å². The van der Waals surface area contributed by atoms with Gasteiger partial charge in [0, 0.05) is 17.0 Å². The van der Waals surface area contributed by atoms with Gasteiger partial charge in [0.15, 0.2) is 0 Å². The summed E-state index contributed by atoms with van der Waals surface area (Å²) in [5.41, 5.74) is 4.78. The van der Waals surface area contributed by atoms with Crippen molar-refractivity contribution >= 4 is 28.2 Å². The zero-order valence-corrected chi connectivity index (χ0v) is 20.2. The van der Waals surface area contributed by atoms with Crippen molar-refractivity contribution in [3.05, 3.63) is 87.4 Å². The number of hydrogen-bond donors (Lipinski definition) is 4. The van der Waals surface area contributed by atoms with E-state index in [2.05, 4.69) is 20.8 Å². The van der Waals surface area contributed by atoms with Crippen molar-refractivity contribution in [3.63, 3.8) is 0 Å². The minimum Gasteiger partial charge on any atom is -0.507 e. The second-order valence-corrected chi connectivity index (χ2v) is 9.75. The summed E-state index contributed by atoms with van der Waals surface area (Å²) in [6, 6.07) is 17.0. The van der Waals surface area contributed by atoms with Crippen molar-refractivity contribution in [3.8, 4) is 17.0 Å². The topological polar surface area (TPSA) is 107 Å². The monoisotopic (exact) mass is 486 g/mol. The Bertz CT molecular complexity index is 1390. The number of nitrogens with zero attached hydrogens (tertiary/aromatic N) is 1. The first-order chi connectivity index (χ1) is 17.0. The fourth-order valence-corrected chi connectivity index (χ4v) is 5.68. The van der Waals surface area contributed by atoms with Crippen molar-refractivity contribution < 1.29 is 14.7 Å². The first kappa shape index (κ1) is 22.9. The average molecular weight is 487 g/mol. The number of phenolic OH excluding ortho intramolecular Hbond substituents is 1. The number of aryl methyl sites for hydroxylation is 2. The standard InChI is InChI=1S/C27H26N4O3S/c1-16-7-5-10-18(24(16)32)20-15-21(31-30-20)25(33)29-27-23(19-11-6-12-22(19)35-27)26(34)28-14-13-17-8-3-2-4-9-17/h2-5,7-10,15,32H,6,11-14H2,1H3,(H,28,34)(H,29,33)(H,30,31). The van der Waals surface area contributed by atoms with Gasteiger partial charge in [0.2, 0.25) is 0 Å². The number of nitrogens with one attached hydrogen (secondary N) is 3. The van der Waals surface area contributed by atoms with Crippen LogP contribution in [0.15, 0.2) is 54.6 Å². The Kier molecular flexibility index (Phi) is 6.37. The van der Waals surface area contributed by atoms with Gasteiger partial charge in [0.05, 0.1) is 11.3 Å². The molecular formula is C27H26N4O3S. The summed E-state index contributed by atoms with van der Waals surface area (Å²) in [6.45, 7) is 2.33. The van der Waals surface area contributed by atoms with Crippen LogP contribution in [-0.4, -0.2) is 33.7 Å². The van der Waals surface area contributed by atoms with E-state index in [0.717, 1.165) is 47.3 Å². The number of para-hydroxylation sites is 1. The largest absolute Gasteiger partial charge is 0.507 e. The molecule has 1 aliphatic rings. The van der Waals surface area contributed by atoms with Crippen molar-refractivity contribution in [1.82, 2.24) is 15.5 Å². The van der Waals surface area contributed by atoms with Gasteiger partial charge in [-0.05, 0) is 61.4 Å². The molecule has 0 saturated carbocycles. The number of fused-ring (bicyclic) bond motifs is 1. The third-order valence-corrected chi connectivity index (χ3v) is 7.46. The molecular weight excluding hydrogens is 460 g/mol. The quantitative estimate of drug-likeness (QED) is 0.299. The van der Waals surface area contributed by atoms with Gasteiger partial charge in [-0.15, -0.1) is 11.3 Å². The molecule has 2 aromatic heterocycles. The number of anilines is 1. The predicted octanol–water partition coefficient (Wildman–Crippen LogP) is 4.87. The first-order valence-electron chi connectivity index (χ1n) is 11.6. The molecule has 0 fully saturated rings. The molecule has 0 unspecified atom stereocenters. The summed E-state index contributed by atoms with van der Waals surface area (Å²) >= 11 is 1.47. The van der Waals surface area contributed by atoms with Crippen LogP contribution in [0, 0.1) is 6.92 Å². The van der Waals surface area contributed by atoms with E-state index in [4.69, 9.17) is 0 Å². The molecule has 8 heteroatoms. The number of benzene rings is 2.